The van der Waals surface area contributed by atoms with Crippen molar-refractivity contribution in [2.24, 2.45) is 0 Å². The maximum Gasteiger partial charge on any atom is 0.405 e. The van der Waals surface area contributed by atoms with Gasteiger partial charge in [-0.3, -0.25) is 10.1 Å². The zero-order valence-corrected chi connectivity index (χ0v) is 9.83. The lowest BCUT2D eigenvalue weighted by molar-refractivity contribution is -0.384. The zero-order chi connectivity index (χ0) is 13.5. The fourth-order valence-electron chi connectivity index (χ4n) is 1.56. The van der Waals surface area contributed by atoms with E-state index >= 15 is 0 Å². The molecule has 0 bridgehead atoms. The first-order valence-corrected chi connectivity index (χ1v) is 5.27. The van der Waals surface area contributed by atoms with E-state index in [-0.39, 0.29) is 5.69 Å². The number of nitrogens with zero attached hydrogens (tertiary/aromatic N) is 1. The van der Waals surface area contributed by atoms with Gasteiger partial charge in [-0.1, -0.05) is 12.1 Å². The third-order valence-corrected chi connectivity index (χ3v) is 2.39. The van der Waals surface area contributed by atoms with E-state index in [2.05, 4.69) is 5.32 Å². The Balaban J connectivity index is 2.92. The molecule has 0 aliphatic carbocycles. The fraction of sp³-hybridized carbons (Fsp3) is 0.364. The minimum absolute atomic E-state index is 0.0675. The van der Waals surface area contributed by atoms with Gasteiger partial charge in [-0.2, -0.15) is 0 Å². The van der Waals surface area contributed by atoms with E-state index in [1.807, 2.05) is 0 Å². The Kier molecular flexibility index (Phi) is 5.06. The molecule has 7 nitrogen and oxygen atoms in total. The average molecular weight is 254 g/mol. The molecule has 0 fully saturated rings. The molecular weight excluding hydrogens is 240 g/mol. The number of methoxy groups -OCH3 is 1. The van der Waals surface area contributed by atoms with Gasteiger partial charge < -0.3 is 15.2 Å². The van der Waals surface area contributed by atoms with E-state index < -0.39 is 17.1 Å². The molecular formula is C11H14N2O5. The number of nitro groups is 1. The molecule has 2 N–H and O–H groups in total. The molecule has 0 saturated carbocycles. The quantitative estimate of drug-likeness (QED) is 0.596. The predicted octanol–water partition coefficient (Wildman–Crippen LogP) is 1.94. The number of amides is 1. The summed E-state index contributed by atoms with van der Waals surface area (Å²) in [6.45, 7) is 0.355. The van der Waals surface area contributed by atoms with Gasteiger partial charge in [-0.15, -0.1) is 0 Å². The lowest BCUT2D eigenvalue weighted by Crippen LogP contribution is -2.27. The first-order valence-electron chi connectivity index (χ1n) is 5.27. The summed E-state index contributed by atoms with van der Waals surface area (Å²) in [7, 11) is 1.51. The van der Waals surface area contributed by atoms with Gasteiger partial charge in [0.1, 0.15) is 0 Å². The molecule has 98 valence electrons. The number of ether oxygens (including phenoxy) is 1. The van der Waals surface area contributed by atoms with Crippen molar-refractivity contribution in [2.75, 3.05) is 13.7 Å². The van der Waals surface area contributed by atoms with Crippen molar-refractivity contribution in [1.29, 1.82) is 0 Å². The molecule has 0 radical (unpaired) electrons. The van der Waals surface area contributed by atoms with Gasteiger partial charge >= 0.3 is 6.09 Å². The van der Waals surface area contributed by atoms with Gasteiger partial charge in [0.15, 0.2) is 0 Å². The summed E-state index contributed by atoms with van der Waals surface area (Å²) in [6.07, 6.45) is -0.771. The molecule has 0 aliphatic heterocycles. The van der Waals surface area contributed by atoms with Crippen molar-refractivity contribution >= 4 is 11.8 Å². The SMILES string of the molecule is COCCC(NC(=O)O)c1cccc([N+](=O)[O-])c1. The summed E-state index contributed by atoms with van der Waals surface area (Å²) in [6, 6.07) is 5.36. The van der Waals surface area contributed by atoms with Gasteiger partial charge in [0.2, 0.25) is 0 Å². The summed E-state index contributed by atoms with van der Waals surface area (Å²) in [5, 5.41) is 21.7. The van der Waals surface area contributed by atoms with Crippen molar-refractivity contribution < 1.29 is 19.6 Å². The number of rotatable bonds is 6. The van der Waals surface area contributed by atoms with Gasteiger partial charge in [0.05, 0.1) is 11.0 Å². The Morgan fingerprint density at radius 3 is 2.89 bits per heavy atom. The van der Waals surface area contributed by atoms with E-state index in [9.17, 15) is 14.9 Å². The number of benzene rings is 1. The van der Waals surface area contributed by atoms with Gasteiger partial charge in [-0.05, 0) is 12.0 Å². The Morgan fingerprint density at radius 1 is 1.61 bits per heavy atom. The number of hydrogen-bond donors (Lipinski definition) is 2. The Bertz CT molecular complexity index is 435. The number of nitro benzene ring substituents is 1. The summed E-state index contributed by atoms with van der Waals surface area (Å²) < 4.78 is 4.89. The van der Waals surface area contributed by atoms with E-state index in [4.69, 9.17) is 9.84 Å². The van der Waals surface area contributed by atoms with Crippen LogP contribution in [-0.2, 0) is 4.74 Å². The highest BCUT2D eigenvalue weighted by atomic mass is 16.6. The summed E-state index contributed by atoms with van der Waals surface area (Å²) in [4.78, 5) is 20.8. The van der Waals surface area contributed by atoms with E-state index in [1.54, 1.807) is 6.07 Å². The van der Waals surface area contributed by atoms with E-state index in [1.165, 1.54) is 25.3 Å². The Morgan fingerprint density at radius 2 is 2.33 bits per heavy atom. The topological polar surface area (TPSA) is 102 Å². The highest BCUT2D eigenvalue weighted by Gasteiger charge is 2.16. The largest absolute Gasteiger partial charge is 0.465 e. The maximum absolute atomic E-state index is 10.7. The molecule has 0 saturated heterocycles. The lowest BCUT2D eigenvalue weighted by Gasteiger charge is -2.16. The summed E-state index contributed by atoms with van der Waals surface area (Å²) in [5.74, 6) is 0. The standard InChI is InChI=1S/C11H14N2O5/c1-18-6-5-10(12-11(14)15)8-3-2-4-9(7-8)13(16)17/h2-4,7,10,12H,5-6H2,1H3,(H,14,15). The number of hydrogen-bond acceptors (Lipinski definition) is 4. The van der Waals surface area contributed by atoms with Crippen LogP contribution in [0, 0.1) is 10.1 Å². The van der Waals surface area contributed by atoms with Crippen LogP contribution in [0.5, 0.6) is 0 Å². The highest BCUT2D eigenvalue weighted by Crippen LogP contribution is 2.21. The van der Waals surface area contributed by atoms with Crippen LogP contribution in [0.4, 0.5) is 10.5 Å². The lowest BCUT2D eigenvalue weighted by atomic mass is 10.0. The molecule has 1 rings (SSSR count). The summed E-state index contributed by atoms with van der Waals surface area (Å²) in [5.41, 5.74) is 0.478. The van der Waals surface area contributed by atoms with Crippen LogP contribution in [0.3, 0.4) is 0 Å². The van der Waals surface area contributed by atoms with Gasteiger partial charge in [0, 0.05) is 25.8 Å². The van der Waals surface area contributed by atoms with Crippen LogP contribution < -0.4 is 5.32 Å². The molecule has 1 unspecified atom stereocenters. The average Bonchev–Trinajstić information content (AvgIpc) is 2.34. The van der Waals surface area contributed by atoms with Crippen molar-refractivity contribution in [3.05, 3.63) is 39.9 Å². The monoisotopic (exact) mass is 254 g/mol. The highest BCUT2D eigenvalue weighted by molar-refractivity contribution is 5.65. The number of nitrogens with one attached hydrogen (secondary N) is 1. The van der Waals surface area contributed by atoms with Crippen LogP contribution in [0.1, 0.15) is 18.0 Å². The van der Waals surface area contributed by atoms with Crippen LogP contribution in [0.25, 0.3) is 0 Å². The van der Waals surface area contributed by atoms with Crippen molar-refractivity contribution in [2.45, 2.75) is 12.5 Å². The predicted molar refractivity (Wildman–Crippen MR) is 63.5 cm³/mol. The molecule has 1 aromatic carbocycles. The van der Waals surface area contributed by atoms with Crippen LogP contribution in [-0.4, -0.2) is 29.8 Å². The summed E-state index contributed by atoms with van der Waals surface area (Å²) >= 11 is 0. The number of carbonyl (C=O) groups is 1. The fourth-order valence-corrected chi connectivity index (χ4v) is 1.56. The molecule has 18 heavy (non-hydrogen) atoms. The normalized spacial score (nSPS) is 11.8. The molecule has 0 aromatic heterocycles. The smallest absolute Gasteiger partial charge is 0.405 e. The third kappa shape index (κ3) is 4.02. The van der Waals surface area contributed by atoms with Crippen molar-refractivity contribution in [3.8, 4) is 0 Å². The molecule has 0 heterocycles. The van der Waals surface area contributed by atoms with Gasteiger partial charge in [0.25, 0.3) is 5.69 Å². The Labute approximate surface area is 104 Å². The number of non-ortho nitro benzene ring substituents is 1. The zero-order valence-electron chi connectivity index (χ0n) is 9.83. The molecule has 0 spiro atoms. The van der Waals surface area contributed by atoms with Crippen molar-refractivity contribution in [3.63, 3.8) is 0 Å². The Hall–Kier alpha value is -2.15. The molecule has 7 heteroatoms. The molecule has 1 aromatic rings. The second kappa shape index (κ2) is 6.55. The van der Waals surface area contributed by atoms with Crippen molar-refractivity contribution in [1.82, 2.24) is 5.32 Å². The number of carboxylic acid groups (broad SMARTS) is 1. The first kappa shape index (κ1) is 13.9. The maximum atomic E-state index is 10.7. The molecule has 1 atom stereocenters. The van der Waals surface area contributed by atoms with Crippen LogP contribution in [0.15, 0.2) is 24.3 Å². The molecule has 1 amide bonds. The second-order valence-electron chi connectivity index (χ2n) is 3.64. The minimum atomic E-state index is -1.18. The van der Waals surface area contributed by atoms with E-state index in [0.29, 0.717) is 18.6 Å². The van der Waals surface area contributed by atoms with E-state index in [0.717, 1.165) is 0 Å². The minimum Gasteiger partial charge on any atom is -0.465 e. The molecule has 0 aliphatic rings. The second-order valence-corrected chi connectivity index (χ2v) is 3.64. The van der Waals surface area contributed by atoms with Gasteiger partial charge in [-0.25, -0.2) is 4.79 Å². The third-order valence-electron chi connectivity index (χ3n) is 2.39. The van der Waals surface area contributed by atoms with Crippen LogP contribution >= 0.6 is 0 Å². The first-order chi connectivity index (χ1) is 8.54. The van der Waals surface area contributed by atoms with Crippen LogP contribution in [0.2, 0.25) is 0 Å².